The minimum atomic E-state index is -0.661. The van der Waals surface area contributed by atoms with Crippen LogP contribution in [0.4, 0.5) is 0 Å². The third-order valence-corrected chi connectivity index (χ3v) is 4.04. The van der Waals surface area contributed by atoms with Crippen LogP contribution < -0.4 is 14.2 Å². The van der Waals surface area contributed by atoms with Crippen LogP contribution in [0.3, 0.4) is 0 Å². The van der Waals surface area contributed by atoms with Gasteiger partial charge in [-0.15, -0.1) is 0 Å². The highest BCUT2D eigenvalue weighted by molar-refractivity contribution is 5.96. The lowest BCUT2D eigenvalue weighted by Gasteiger charge is -2.26. The van der Waals surface area contributed by atoms with Gasteiger partial charge in [0.25, 0.3) is 0 Å². The van der Waals surface area contributed by atoms with Gasteiger partial charge in [0, 0.05) is 33.3 Å². The standard InChI is InChI=1S/C21H18O8/c1-11(22)26-16-6-4-14(5-7-16)18-9-15-8-17(27-12(2)23)10-19(28-13(3)24)20(15)21(25)29-18/h4-8,10,18H,9H2,1-3H3. The molecule has 1 atom stereocenters. The molecular formula is C21H18O8. The summed E-state index contributed by atoms with van der Waals surface area (Å²) < 4.78 is 20.7. The minimum Gasteiger partial charge on any atom is -0.453 e. The molecule has 150 valence electrons. The van der Waals surface area contributed by atoms with Gasteiger partial charge in [-0.2, -0.15) is 0 Å². The van der Waals surface area contributed by atoms with Crippen LogP contribution in [0, 0.1) is 0 Å². The quantitative estimate of drug-likeness (QED) is 0.572. The molecule has 0 radical (unpaired) electrons. The van der Waals surface area contributed by atoms with Gasteiger partial charge in [0.2, 0.25) is 0 Å². The lowest BCUT2D eigenvalue weighted by Crippen LogP contribution is -2.23. The number of hydrogen-bond donors (Lipinski definition) is 0. The summed E-state index contributed by atoms with van der Waals surface area (Å²) >= 11 is 0. The van der Waals surface area contributed by atoms with E-state index in [1.807, 2.05) is 0 Å². The molecule has 0 fully saturated rings. The van der Waals surface area contributed by atoms with Crippen LogP contribution in [0.25, 0.3) is 0 Å². The van der Waals surface area contributed by atoms with Crippen molar-refractivity contribution >= 4 is 23.9 Å². The number of rotatable bonds is 4. The fourth-order valence-corrected chi connectivity index (χ4v) is 3.03. The summed E-state index contributed by atoms with van der Waals surface area (Å²) in [5, 5.41) is 0. The first kappa shape index (κ1) is 20.1. The molecule has 0 saturated heterocycles. The van der Waals surface area contributed by atoms with Gasteiger partial charge < -0.3 is 18.9 Å². The van der Waals surface area contributed by atoms with Crippen molar-refractivity contribution in [3.8, 4) is 17.2 Å². The van der Waals surface area contributed by atoms with Crippen LogP contribution in [-0.2, 0) is 25.5 Å². The summed E-state index contributed by atoms with van der Waals surface area (Å²) in [6.07, 6.45) is -0.337. The monoisotopic (exact) mass is 398 g/mol. The Hall–Kier alpha value is -3.68. The first-order chi connectivity index (χ1) is 13.7. The van der Waals surface area contributed by atoms with Crippen molar-refractivity contribution in [2.45, 2.75) is 33.3 Å². The van der Waals surface area contributed by atoms with E-state index in [9.17, 15) is 19.2 Å². The number of esters is 4. The molecule has 0 amide bonds. The van der Waals surface area contributed by atoms with Crippen LogP contribution in [0.2, 0.25) is 0 Å². The van der Waals surface area contributed by atoms with Crippen LogP contribution >= 0.6 is 0 Å². The van der Waals surface area contributed by atoms with E-state index in [1.165, 1.54) is 26.8 Å². The first-order valence-electron chi connectivity index (χ1n) is 8.76. The fourth-order valence-electron chi connectivity index (χ4n) is 3.03. The number of carbonyl (C=O) groups excluding carboxylic acids is 4. The maximum atomic E-state index is 12.6. The highest BCUT2D eigenvalue weighted by Gasteiger charge is 2.32. The molecule has 0 N–H and O–H groups in total. The zero-order valence-corrected chi connectivity index (χ0v) is 16.0. The second-order valence-electron chi connectivity index (χ2n) is 6.40. The Bertz CT molecular complexity index is 990. The molecule has 0 saturated carbocycles. The molecule has 8 nitrogen and oxygen atoms in total. The Balaban J connectivity index is 1.94. The van der Waals surface area contributed by atoms with Crippen molar-refractivity contribution in [1.29, 1.82) is 0 Å². The van der Waals surface area contributed by atoms with Crippen molar-refractivity contribution < 1.29 is 38.1 Å². The van der Waals surface area contributed by atoms with Gasteiger partial charge in [-0.3, -0.25) is 14.4 Å². The number of cyclic esters (lactones) is 1. The van der Waals surface area contributed by atoms with Gasteiger partial charge in [-0.05, 0) is 29.3 Å². The summed E-state index contributed by atoms with van der Waals surface area (Å²) in [5.41, 5.74) is 1.32. The lowest BCUT2D eigenvalue weighted by molar-refractivity contribution is -0.133. The van der Waals surface area contributed by atoms with Crippen LogP contribution in [0.1, 0.15) is 48.4 Å². The van der Waals surface area contributed by atoms with Crippen molar-refractivity contribution in [2.24, 2.45) is 0 Å². The van der Waals surface area contributed by atoms with Crippen LogP contribution in [0.5, 0.6) is 17.2 Å². The Morgan fingerprint density at radius 1 is 0.862 bits per heavy atom. The Labute approximate surface area is 166 Å². The zero-order chi connectivity index (χ0) is 21.1. The van der Waals surface area contributed by atoms with Crippen molar-refractivity contribution in [1.82, 2.24) is 0 Å². The summed E-state index contributed by atoms with van der Waals surface area (Å²) in [6, 6.07) is 9.41. The van der Waals surface area contributed by atoms with Gasteiger partial charge in [-0.1, -0.05) is 12.1 Å². The molecule has 0 aromatic heterocycles. The molecule has 3 rings (SSSR count). The van der Waals surface area contributed by atoms with Gasteiger partial charge >= 0.3 is 23.9 Å². The van der Waals surface area contributed by atoms with Gasteiger partial charge in [0.1, 0.15) is 28.9 Å². The minimum absolute atomic E-state index is 0.0279. The van der Waals surface area contributed by atoms with E-state index < -0.39 is 30.0 Å². The molecule has 0 bridgehead atoms. The van der Waals surface area contributed by atoms with E-state index in [2.05, 4.69) is 0 Å². The molecule has 0 aliphatic carbocycles. The molecular weight excluding hydrogens is 380 g/mol. The molecule has 1 aliphatic heterocycles. The molecule has 1 unspecified atom stereocenters. The number of fused-ring (bicyclic) bond motifs is 1. The van der Waals surface area contributed by atoms with E-state index in [-0.39, 0.29) is 23.5 Å². The summed E-state index contributed by atoms with van der Waals surface area (Å²) in [5.74, 6) is -1.76. The number of ether oxygens (including phenoxy) is 4. The van der Waals surface area contributed by atoms with Gasteiger partial charge in [0.05, 0.1) is 0 Å². The third kappa shape index (κ3) is 4.78. The number of hydrogen-bond acceptors (Lipinski definition) is 8. The van der Waals surface area contributed by atoms with Crippen molar-refractivity contribution in [3.05, 3.63) is 53.1 Å². The second kappa shape index (κ2) is 8.14. The Morgan fingerprint density at radius 2 is 1.45 bits per heavy atom. The predicted octanol–water partition coefficient (Wildman–Crippen LogP) is 2.92. The van der Waals surface area contributed by atoms with Gasteiger partial charge in [-0.25, -0.2) is 4.79 Å². The first-order valence-corrected chi connectivity index (χ1v) is 8.76. The second-order valence-corrected chi connectivity index (χ2v) is 6.40. The average Bonchev–Trinajstić information content (AvgIpc) is 2.60. The molecule has 1 aliphatic rings. The fraction of sp³-hybridized carbons (Fsp3) is 0.238. The Kier molecular flexibility index (Phi) is 5.63. The SMILES string of the molecule is CC(=O)Oc1ccc(C2Cc3cc(OC(C)=O)cc(OC(C)=O)c3C(=O)O2)cc1. The van der Waals surface area contributed by atoms with E-state index in [4.69, 9.17) is 18.9 Å². The maximum absolute atomic E-state index is 12.6. The topological polar surface area (TPSA) is 105 Å². The van der Waals surface area contributed by atoms with E-state index in [1.54, 1.807) is 30.3 Å². The van der Waals surface area contributed by atoms with E-state index in [0.29, 0.717) is 16.9 Å². The van der Waals surface area contributed by atoms with Crippen molar-refractivity contribution in [2.75, 3.05) is 0 Å². The Morgan fingerprint density at radius 3 is 2.03 bits per heavy atom. The molecule has 1 heterocycles. The summed E-state index contributed by atoms with van der Waals surface area (Å²) in [6.45, 7) is 3.74. The van der Waals surface area contributed by atoms with E-state index >= 15 is 0 Å². The van der Waals surface area contributed by atoms with E-state index in [0.717, 1.165) is 0 Å². The van der Waals surface area contributed by atoms with Gasteiger partial charge in [0.15, 0.2) is 0 Å². The maximum Gasteiger partial charge on any atom is 0.342 e. The molecule has 2 aromatic carbocycles. The predicted molar refractivity (Wildman–Crippen MR) is 98.7 cm³/mol. The molecule has 0 spiro atoms. The summed E-state index contributed by atoms with van der Waals surface area (Å²) in [4.78, 5) is 46.4. The third-order valence-electron chi connectivity index (χ3n) is 4.04. The highest BCUT2D eigenvalue weighted by atomic mass is 16.6. The number of carbonyl (C=O) groups is 4. The molecule has 8 heteroatoms. The summed E-state index contributed by atoms with van der Waals surface area (Å²) in [7, 11) is 0. The zero-order valence-electron chi connectivity index (χ0n) is 16.0. The average molecular weight is 398 g/mol. The number of benzene rings is 2. The molecule has 29 heavy (non-hydrogen) atoms. The van der Waals surface area contributed by atoms with Crippen LogP contribution in [0.15, 0.2) is 36.4 Å². The normalized spacial score (nSPS) is 15.0. The highest BCUT2D eigenvalue weighted by Crippen LogP contribution is 2.38. The van der Waals surface area contributed by atoms with Crippen LogP contribution in [-0.4, -0.2) is 23.9 Å². The molecule has 2 aromatic rings. The van der Waals surface area contributed by atoms with Crippen molar-refractivity contribution in [3.63, 3.8) is 0 Å². The largest absolute Gasteiger partial charge is 0.453 e. The lowest BCUT2D eigenvalue weighted by atomic mass is 9.93. The smallest absolute Gasteiger partial charge is 0.342 e.